The molecule has 72 valence electrons. The van der Waals surface area contributed by atoms with E-state index in [0.717, 1.165) is 19.4 Å². The van der Waals surface area contributed by atoms with Gasteiger partial charge in [0.1, 0.15) is 0 Å². The lowest BCUT2D eigenvalue weighted by Crippen LogP contribution is -2.46. The fraction of sp³-hybridized carbons (Fsp3) is 1.00. The van der Waals surface area contributed by atoms with Crippen LogP contribution in [0, 0.1) is 0 Å². The summed E-state index contributed by atoms with van der Waals surface area (Å²) in [6.07, 6.45) is 2.12. The summed E-state index contributed by atoms with van der Waals surface area (Å²) in [7, 11) is 0. The van der Waals surface area contributed by atoms with Gasteiger partial charge >= 0.3 is 0 Å². The van der Waals surface area contributed by atoms with E-state index in [2.05, 4.69) is 5.32 Å². The summed E-state index contributed by atoms with van der Waals surface area (Å²) in [5.74, 6) is 0. The molecule has 0 radical (unpaired) electrons. The fourth-order valence-electron chi connectivity index (χ4n) is 1.37. The first-order valence-corrected chi connectivity index (χ1v) is 4.42. The Labute approximate surface area is 72.5 Å². The highest BCUT2D eigenvalue weighted by atomic mass is 16.5. The molecule has 0 aromatic heterocycles. The zero-order chi connectivity index (χ0) is 8.81. The van der Waals surface area contributed by atoms with E-state index in [-0.39, 0.29) is 19.3 Å². The standard InChI is InChI=1S/C8H17NO3/c10-4-8(5-11)9-7-2-1-3-12-6-7/h7-11H,1-6H2. The minimum absolute atomic E-state index is 0.0208. The van der Waals surface area contributed by atoms with Crippen LogP contribution in [0.4, 0.5) is 0 Å². The maximum atomic E-state index is 8.79. The Bertz CT molecular complexity index is 111. The van der Waals surface area contributed by atoms with Crippen molar-refractivity contribution in [1.29, 1.82) is 0 Å². The summed E-state index contributed by atoms with van der Waals surface area (Å²) in [6.45, 7) is 1.48. The third kappa shape index (κ3) is 3.06. The first kappa shape index (κ1) is 9.92. The Hall–Kier alpha value is -0.160. The van der Waals surface area contributed by atoms with Crippen molar-refractivity contribution < 1.29 is 14.9 Å². The molecule has 0 bridgehead atoms. The van der Waals surface area contributed by atoms with Crippen molar-refractivity contribution >= 4 is 0 Å². The second-order valence-electron chi connectivity index (χ2n) is 3.14. The van der Waals surface area contributed by atoms with Gasteiger partial charge in [-0.15, -0.1) is 0 Å². The normalized spacial score (nSPS) is 24.8. The van der Waals surface area contributed by atoms with Crippen LogP contribution >= 0.6 is 0 Å². The van der Waals surface area contributed by atoms with E-state index < -0.39 is 0 Å². The summed E-state index contributed by atoms with van der Waals surface area (Å²) in [5, 5.41) is 20.7. The second-order valence-corrected chi connectivity index (χ2v) is 3.14. The zero-order valence-corrected chi connectivity index (χ0v) is 7.20. The number of aliphatic hydroxyl groups excluding tert-OH is 2. The zero-order valence-electron chi connectivity index (χ0n) is 7.20. The van der Waals surface area contributed by atoms with Crippen LogP contribution in [0.3, 0.4) is 0 Å². The molecule has 0 amide bonds. The van der Waals surface area contributed by atoms with Gasteiger partial charge in [-0.1, -0.05) is 0 Å². The molecule has 0 spiro atoms. The maximum absolute atomic E-state index is 8.79. The van der Waals surface area contributed by atoms with Crippen molar-refractivity contribution in [2.45, 2.75) is 24.9 Å². The molecule has 0 aromatic carbocycles. The van der Waals surface area contributed by atoms with Crippen molar-refractivity contribution in [1.82, 2.24) is 5.32 Å². The maximum Gasteiger partial charge on any atom is 0.0619 e. The molecular formula is C8H17NO3. The van der Waals surface area contributed by atoms with E-state index in [1.165, 1.54) is 0 Å². The first-order chi connectivity index (χ1) is 5.86. The van der Waals surface area contributed by atoms with Crippen LogP contribution in [0.15, 0.2) is 0 Å². The van der Waals surface area contributed by atoms with Gasteiger partial charge in [0.2, 0.25) is 0 Å². The molecule has 4 nitrogen and oxygen atoms in total. The van der Waals surface area contributed by atoms with Crippen LogP contribution < -0.4 is 5.32 Å². The molecule has 1 aliphatic rings. The molecule has 1 saturated heterocycles. The average Bonchev–Trinajstić information content (AvgIpc) is 2.16. The Morgan fingerprint density at radius 3 is 2.67 bits per heavy atom. The predicted molar refractivity (Wildman–Crippen MR) is 44.9 cm³/mol. The molecule has 1 aliphatic heterocycles. The molecule has 3 N–H and O–H groups in total. The highest BCUT2D eigenvalue weighted by molar-refractivity contribution is 4.75. The molecule has 0 aromatic rings. The number of ether oxygens (including phenoxy) is 1. The van der Waals surface area contributed by atoms with Crippen molar-refractivity contribution in [3.63, 3.8) is 0 Å². The number of rotatable bonds is 4. The Kier molecular flexibility index (Phi) is 4.53. The van der Waals surface area contributed by atoms with E-state index in [4.69, 9.17) is 14.9 Å². The molecule has 0 saturated carbocycles. The first-order valence-electron chi connectivity index (χ1n) is 4.42. The minimum atomic E-state index is -0.198. The highest BCUT2D eigenvalue weighted by Crippen LogP contribution is 2.06. The van der Waals surface area contributed by atoms with Crippen LogP contribution in [0.1, 0.15) is 12.8 Å². The second kappa shape index (κ2) is 5.48. The number of hydrogen-bond donors (Lipinski definition) is 3. The van der Waals surface area contributed by atoms with Gasteiger partial charge < -0.3 is 20.3 Å². The van der Waals surface area contributed by atoms with Gasteiger partial charge in [-0.3, -0.25) is 0 Å². The SMILES string of the molecule is OCC(CO)NC1CCCOC1. The fourth-order valence-corrected chi connectivity index (χ4v) is 1.37. The summed E-state index contributed by atoms with van der Waals surface area (Å²) in [5.41, 5.74) is 0. The third-order valence-corrected chi connectivity index (χ3v) is 2.07. The molecular weight excluding hydrogens is 158 g/mol. The van der Waals surface area contributed by atoms with Crippen molar-refractivity contribution in [2.75, 3.05) is 26.4 Å². The van der Waals surface area contributed by atoms with Crippen LogP contribution in [0.2, 0.25) is 0 Å². The van der Waals surface area contributed by atoms with E-state index in [0.29, 0.717) is 12.6 Å². The van der Waals surface area contributed by atoms with Gasteiger partial charge in [-0.25, -0.2) is 0 Å². The molecule has 1 atom stereocenters. The predicted octanol–water partition coefficient (Wildman–Crippen LogP) is -0.892. The summed E-state index contributed by atoms with van der Waals surface area (Å²) in [6, 6.07) is 0.0970. The molecule has 1 rings (SSSR count). The lowest BCUT2D eigenvalue weighted by Gasteiger charge is -2.26. The van der Waals surface area contributed by atoms with E-state index in [1.54, 1.807) is 0 Å². The van der Waals surface area contributed by atoms with Crippen molar-refractivity contribution in [3.05, 3.63) is 0 Å². The van der Waals surface area contributed by atoms with Crippen LogP contribution in [0.5, 0.6) is 0 Å². The largest absolute Gasteiger partial charge is 0.395 e. The lowest BCUT2D eigenvalue weighted by atomic mass is 10.1. The van der Waals surface area contributed by atoms with Crippen LogP contribution in [-0.4, -0.2) is 48.7 Å². The quantitative estimate of drug-likeness (QED) is 0.518. The summed E-state index contributed by atoms with van der Waals surface area (Å²) in [4.78, 5) is 0. The van der Waals surface area contributed by atoms with Gasteiger partial charge in [0, 0.05) is 12.6 Å². The van der Waals surface area contributed by atoms with Gasteiger partial charge in [0.05, 0.1) is 25.9 Å². The topological polar surface area (TPSA) is 61.7 Å². The van der Waals surface area contributed by atoms with Crippen molar-refractivity contribution in [2.24, 2.45) is 0 Å². The minimum Gasteiger partial charge on any atom is -0.395 e. The average molecular weight is 175 g/mol. The molecule has 0 aliphatic carbocycles. The molecule has 1 unspecified atom stereocenters. The van der Waals surface area contributed by atoms with Crippen molar-refractivity contribution in [3.8, 4) is 0 Å². The molecule has 12 heavy (non-hydrogen) atoms. The van der Waals surface area contributed by atoms with Gasteiger partial charge in [0.15, 0.2) is 0 Å². The molecule has 4 heteroatoms. The third-order valence-electron chi connectivity index (χ3n) is 2.07. The van der Waals surface area contributed by atoms with Crippen LogP contribution in [-0.2, 0) is 4.74 Å². The van der Waals surface area contributed by atoms with Gasteiger partial charge in [0.25, 0.3) is 0 Å². The lowest BCUT2D eigenvalue weighted by molar-refractivity contribution is 0.0563. The van der Waals surface area contributed by atoms with Crippen LogP contribution in [0.25, 0.3) is 0 Å². The Balaban J connectivity index is 2.18. The van der Waals surface area contributed by atoms with Gasteiger partial charge in [-0.2, -0.15) is 0 Å². The number of nitrogens with one attached hydrogen (secondary N) is 1. The summed E-state index contributed by atoms with van der Waals surface area (Å²) < 4.78 is 5.25. The smallest absolute Gasteiger partial charge is 0.0619 e. The number of aliphatic hydroxyl groups is 2. The Morgan fingerprint density at radius 2 is 2.17 bits per heavy atom. The molecule has 1 heterocycles. The Morgan fingerprint density at radius 1 is 1.42 bits per heavy atom. The highest BCUT2D eigenvalue weighted by Gasteiger charge is 2.16. The van der Waals surface area contributed by atoms with Gasteiger partial charge in [-0.05, 0) is 12.8 Å². The molecule has 1 fully saturated rings. The van der Waals surface area contributed by atoms with E-state index in [1.807, 2.05) is 0 Å². The summed E-state index contributed by atoms with van der Waals surface area (Å²) >= 11 is 0. The monoisotopic (exact) mass is 175 g/mol. The number of hydrogen-bond acceptors (Lipinski definition) is 4. The van der Waals surface area contributed by atoms with E-state index >= 15 is 0 Å². The van der Waals surface area contributed by atoms with E-state index in [9.17, 15) is 0 Å².